The van der Waals surface area contributed by atoms with Crippen LogP contribution < -0.4 is 0 Å². The Hall–Kier alpha value is -2.34. The number of carbonyl (C=O) groups is 1. The molecule has 0 bridgehead atoms. The van der Waals surface area contributed by atoms with Crippen molar-refractivity contribution in [1.29, 1.82) is 0 Å². The van der Waals surface area contributed by atoms with Crippen LogP contribution in [0.25, 0.3) is 11.7 Å². The summed E-state index contributed by atoms with van der Waals surface area (Å²) >= 11 is 3.55. The van der Waals surface area contributed by atoms with E-state index in [1.165, 1.54) is 16.7 Å². The third-order valence-corrected chi connectivity index (χ3v) is 5.28. The van der Waals surface area contributed by atoms with Gasteiger partial charge in [0.1, 0.15) is 5.76 Å². The van der Waals surface area contributed by atoms with Gasteiger partial charge in [-0.25, -0.2) is 4.98 Å². The molecule has 1 aromatic carbocycles. The summed E-state index contributed by atoms with van der Waals surface area (Å²) in [5.74, 6) is 1.71. The second-order valence-corrected chi connectivity index (χ2v) is 7.52. The molecule has 0 saturated heterocycles. The molecule has 0 N–H and O–H groups in total. The zero-order valence-corrected chi connectivity index (χ0v) is 16.3. The molecule has 2 aromatic heterocycles. The highest BCUT2D eigenvalue weighted by molar-refractivity contribution is 9.10. The Bertz CT molecular complexity index is 960. The van der Waals surface area contributed by atoms with E-state index in [0.717, 1.165) is 17.4 Å². The smallest absolute Gasteiger partial charge is 0.263 e. The second-order valence-electron chi connectivity index (χ2n) is 6.60. The molecule has 5 nitrogen and oxygen atoms in total. The fourth-order valence-corrected chi connectivity index (χ4v) is 4.00. The number of benzene rings is 1. The number of hydrogen-bond donors (Lipinski definition) is 0. The predicted molar refractivity (Wildman–Crippen MR) is 101 cm³/mol. The molecule has 0 saturated carbocycles. The second kappa shape index (κ2) is 6.76. The van der Waals surface area contributed by atoms with Gasteiger partial charge in [-0.05, 0) is 61.2 Å². The number of aryl methyl sites for hydroxylation is 2. The third kappa shape index (κ3) is 3.21. The Morgan fingerprint density at radius 3 is 2.96 bits per heavy atom. The SMILES string of the molecule is Cc1cc(Br)cc2c1CN(C(=O)Cc1nc(-c3ccco3)oc1C)CC2. The van der Waals surface area contributed by atoms with E-state index in [-0.39, 0.29) is 12.3 Å². The Morgan fingerprint density at radius 2 is 2.19 bits per heavy atom. The molecule has 26 heavy (non-hydrogen) atoms. The van der Waals surface area contributed by atoms with E-state index in [1.807, 2.05) is 11.8 Å². The number of rotatable bonds is 3. The molecule has 0 radical (unpaired) electrons. The lowest BCUT2D eigenvalue weighted by Gasteiger charge is -2.30. The Morgan fingerprint density at radius 1 is 1.35 bits per heavy atom. The molecular weight excluding hydrogens is 396 g/mol. The van der Waals surface area contributed by atoms with Gasteiger partial charge in [0.05, 0.1) is 18.4 Å². The lowest BCUT2D eigenvalue weighted by atomic mass is 9.95. The molecular formula is C20H19BrN2O3. The van der Waals surface area contributed by atoms with Crippen LogP contribution in [0.1, 0.15) is 28.1 Å². The van der Waals surface area contributed by atoms with E-state index >= 15 is 0 Å². The quantitative estimate of drug-likeness (QED) is 0.635. The molecule has 0 atom stereocenters. The number of fused-ring (bicyclic) bond motifs is 1. The van der Waals surface area contributed by atoms with Crippen LogP contribution in [0, 0.1) is 13.8 Å². The van der Waals surface area contributed by atoms with Crippen LogP contribution in [-0.4, -0.2) is 22.3 Å². The molecule has 6 heteroatoms. The van der Waals surface area contributed by atoms with Gasteiger partial charge in [-0.1, -0.05) is 15.9 Å². The Balaban J connectivity index is 1.51. The fourth-order valence-electron chi connectivity index (χ4n) is 3.38. The first-order valence-electron chi connectivity index (χ1n) is 8.57. The number of carbonyl (C=O) groups excluding carboxylic acids is 1. The average Bonchev–Trinajstić information content (AvgIpc) is 3.25. The largest absolute Gasteiger partial charge is 0.459 e. The van der Waals surface area contributed by atoms with Crippen molar-refractivity contribution in [1.82, 2.24) is 9.88 Å². The molecule has 0 unspecified atom stereocenters. The highest BCUT2D eigenvalue weighted by Crippen LogP contribution is 2.27. The van der Waals surface area contributed by atoms with Gasteiger partial charge in [-0.2, -0.15) is 0 Å². The van der Waals surface area contributed by atoms with Crippen molar-refractivity contribution in [2.45, 2.75) is 33.2 Å². The summed E-state index contributed by atoms with van der Waals surface area (Å²) in [7, 11) is 0. The maximum Gasteiger partial charge on any atom is 0.263 e. The molecule has 1 amide bonds. The molecule has 1 aliphatic heterocycles. The molecule has 3 heterocycles. The number of nitrogens with zero attached hydrogens (tertiary/aromatic N) is 2. The third-order valence-electron chi connectivity index (χ3n) is 4.83. The fraction of sp³-hybridized carbons (Fsp3) is 0.300. The lowest BCUT2D eigenvalue weighted by molar-refractivity contribution is -0.131. The number of furan rings is 1. The summed E-state index contributed by atoms with van der Waals surface area (Å²) in [6.07, 6.45) is 2.68. The van der Waals surface area contributed by atoms with Gasteiger partial charge in [-0.3, -0.25) is 4.79 Å². The molecule has 1 aliphatic rings. The van der Waals surface area contributed by atoms with Crippen LogP contribution in [0.2, 0.25) is 0 Å². The van der Waals surface area contributed by atoms with E-state index in [2.05, 4.69) is 40.0 Å². The van der Waals surface area contributed by atoms with Crippen molar-refractivity contribution >= 4 is 21.8 Å². The minimum absolute atomic E-state index is 0.0698. The van der Waals surface area contributed by atoms with Crippen molar-refractivity contribution in [3.8, 4) is 11.7 Å². The first-order chi connectivity index (χ1) is 12.5. The topological polar surface area (TPSA) is 59.5 Å². The molecule has 4 rings (SSSR count). The highest BCUT2D eigenvalue weighted by atomic mass is 79.9. The summed E-state index contributed by atoms with van der Waals surface area (Å²) in [4.78, 5) is 19.2. The summed E-state index contributed by atoms with van der Waals surface area (Å²) < 4.78 is 12.1. The van der Waals surface area contributed by atoms with Gasteiger partial charge < -0.3 is 13.7 Å². The lowest BCUT2D eigenvalue weighted by Crippen LogP contribution is -2.37. The van der Waals surface area contributed by atoms with E-state index in [1.54, 1.807) is 18.4 Å². The monoisotopic (exact) mass is 414 g/mol. The Labute approximate surface area is 160 Å². The molecule has 134 valence electrons. The molecule has 0 aliphatic carbocycles. The van der Waals surface area contributed by atoms with Crippen LogP contribution in [0.3, 0.4) is 0 Å². The summed E-state index contributed by atoms with van der Waals surface area (Å²) in [6.45, 7) is 5.29. The van der Waals surface area contributed by atoms with Crippen LogP contribution in [0.4, 0.5) is 0 Å². The van der Waals surface area contributed by atoms with Crippen molar-refractivity contribution in [3.05, 3.63) is 63.1 Å². The predicted octanol–water partition coefficient (Wildman–Crippen LogP) is 4.44. The van der Waals surface area contributed by atoms with Gasteiger partial charge in [0.2, 0.25) is 5.91 Å². The van der Waals surface area contributed by atoms with Gasteiger partial charge in [0.15, 0.2) is 5.76 Å². The zero-order valence-electron chi connectivity index (χ0n) is 14.7. The van der Waals surface area contributed by atoms with Crippen LogP contribution in [0.5, 0.6) is 0 Å². The summed E-state index contributed by atoms with van der Waals surface area (Å²) in [5, 5.41) is 0. The zero-order chi connectivity index (χ0) is 18.3. The summed E-state index contributed by atoms with van der Waals surface area (Å²) in [5.41, 5.74) is 4.45. The number of amides is 1. The van der Waals surface area contributed by atoms with Gasteiger partial charge in [0.25, 0.3) is 5.89 Å². The van der Waals surface area contributed by atoms with Gasteiger partial charge in [0, 0.05) is 17.6 Å². The van der Waals surface area contributed by atoms with Crippen molar-refractivity contribution in [2.24, 2.45) is 0 Å². The van der Waals surface area contributed by atoms with Crippen molar-refractivity contribution < 1.29 is 13.6 Å². The van der Waals surface area contributed by atoms with Crippen LogP contribution >= 0.6 is 15.9 Å². The number of aromatic nitrogens is 1. The van der Waals surface area contributed by atoms with E-state index in [9.17, 15) is 4.79 Å². The van der Waals surface area contributed by atoms with E-state index < -0.39 is 0 Å². The van der Waals surface area contributed by atoms with E-state index in [4.69, 9.17) is 8.83 Å². The van der Waals surface area contributed by atoms with Gasteiger partial charge in [-0.15, -0.1) is 0 Å². The first-order valence-corrected chi connectivity index (χ1v) is 9.36. The van der Waals surface area contributed by atoms with E-state index in [0.29, 0.717) is 29.6 Å². The number of hydrogen-bond acceptors (Lipinski definition) is 4. The molecule has 0 fully saturated rings. The van der Waals surface area contributed by atoms with Crippen molar-refractivity contribution in [3.63, 3.8) is 0 Å². The minimum Gasteiger partial charge on any atom is -0.459 e. The average molecular weight is 415 g/mol. The molecule has 0 spiro atoms. The summed E-state index contributed by atoms with van der Waals surface area (Å²) in [6, 6.07) is 7.83. The van der Waals surface area contributed by atoms with Crippen molar-refractivity contribution in [2.75, 3.05) is 6.54 Å². The van der Waals surface area contributed by atoms with Crippen LogP contribution in [-0.2, 0) is 24.2 Å². The minimum atomic E-state index is 0.0698. The highest BCUT2D eigenvalue weighted by Gasteiger charge is 2.24. The first kappa shape index (κ1) is 17.1. The number of oxazole rings is 1. The molecule has 3 aromatic rings. The standard InChI is InChI=1S/C20H19BrN2O3/c1-12-8-15(21)9-14-5-6-23(11-16(12)14)19(24)10-17-13(2)26-20(22-17)18-4-3-7-25-18/h3-4,7-9H,5-6,10-11H2,1-2H3. The Kier molecular flexibility index (Phi) is 4.44. The normalized spacial score (nSPS) is 13.7. The number of halogens is 1. The van der Waals surface area contributed by atoms with Crippen LogP contribution in [0.15, 0.2) is 43.8 Å². The van der Waals surface area contributed by atoms with Gasteiger partial charge >= 0.3 is 0 Å². The maximum absolute atomic E-state index is 12.8. The maximum atomic E-state index is 12.8.